The van der Waals surface area contributed by atoms with Crippen molar-refractivity contribution in [2.24, 2.45) is 5.41 Å². The summed E-state index contributed by atoms with van der Waals surface area (Å²) in [7, 11) is 0. The van der Waals surface area contributed by atoms with Crippen molar-refractivity contribution in [2.45, 2.75) is 19.3 Å². The molecule has 18 heavy (non-hydrogen) atoms. The summed E-state index contributed by atoms with van der Waals surface area (Å²) >= 11 is 0. The molecule has 1 aliphatic carbocycles. The third-order valence-corrected chi connectivity index (χ3v) is 3.34. The number of benzene rings is 1. The third kappa shape index (κ3) is 1.95. The van der Waals surface area contributed by atoms with E-state index in [1.807, 2.05) is 0 Å². The van der Waals surface area contributed by atoms with Crippen LogP contribution < -0.4 is 5.32 Å². The standard InChI is InChI=1S/C14H13NO3/c1-2-10-5-3-6-11(9-10)15-12(16)14(13(17)18)7-4-8-14/h1,3,5-6,9H,4,7-8H2,(H,15,16)(H,17,18). The summed E-state index contributed by atoms with van der Waals surface area (Å²) in [5.41, 5.74) is -0.0830. The topological polar surface area (TPSA) is 66.4 Å². The molecule has 2 N–H and O–H groups in total. The fraction of sp³-hybridized carbons (Fsp3) is 0.286. The van der Waals surface area contributed by atoms with Gasteiger partial charge in [-0.1, -0.05) is 18.4 Å². The predicted molar refractivity (Wildman–Crippen MR) is 66.9 cm³/mol. The van der Waals surface area contributed by atoms with E-state index in [1.165, 1.54) is 0 Å². The summed E-state index contributed by atoms with van der Waals surface area (Å²) < 4.78 is 0. The fourth-order valence-corrected chi connectivity index (χ4v) is 2.01. The Labute approximate surface area is 105 Å². The van der Waals surface area contributed by atoms with Crippen LogP contribution in [0, 0.1) is 17.8 Å². The van der Waals surface area contributed by atoms with Gasteiger partial charge in [-0.15, -0.1) is 6.42 Å². The smallest absolute Gasteiger partial charge is 0.319 e. The van der Waals surface area contributed by atoms with Crippen LogP contribution in [0.1, 0.15) is 24.8 Å². The Morgan fingerprint density at radius 2 is 2.11 bits per heavy atom. The molecule has 1 saturated carbocycles. The molecule has 1 aromatic rings. The van der Waals surface area contributed by atoms with Crippen LogP contribution in [0.2, 0.25) is 0 Å². The molecule has 4 heteroatoms. The normalized spacial score (nSPS) is 16.2. The number of carboxylic acid groups (broad SMARTS) is 1. The van der Waals surface area contributed by atoms with E-state index in [2.05, 4.69) is 11.2 Å². The van der Waals surface area contributed by atoms with E-state index in [-0.39, 0.29) is 0 Å². The molecule has 0 radical (unpaired) electrons. The Kier molecular flexibility index (Phi) is 3.07. The first-order valence-electron chi connectivity index (χ1n) is 5.70. The number of hydrogen-bond acceptors (Lipinski definition) is 2. The molecule has 1 aromatic carbocycles. The first kappa shape index (κ1) is 12.2. The van der Waals surface area contributed by atoms with Crippen LogP contribution in [-0.2, 0) is 9.59 Å². The van der Waals surface area contributed by atoms with Crippen LogP contribution in [0.15, 0.2) is 24.3 Å². The second-order valence-electron chi connectivity index (χ2n) is 4.42. The van der Waals surface area contributed by atoms with Crippen molar-refractivity contribution in [1.82, 2.24) is 0 Å². The van der Waals surface area contributed by atoms with Gasteiger partial charge in [-0.3, -0.25) is 9.59 Å². The highest BCUT2D eigenvalue weighted by atomic mass is 16.4. The number of amides is 1. The van der Waals surface area contributed by atoms with Crippen LogP contribution in [0.3, 0.4) is 0 Å². The van der Waals surface area contributed by atoms with Crippen LogP contribution in [0.4, 0.5) is 5.69 Å². The van der Waals surface area contributed by atoms with Gasteiger partial charge in [0, 0.05) is 11.3 Å². The molecule has 0 spiro atoms. The van der Waals surface area contributed by atoms with Crippen LogP contribution in [0.5, 0.6) is 0 Å². The molecule has 0 aromatic heterocycles. The first-order valence-corrected chi connectivity index (χ1v) is 5.70. The van der Waals surface area contributed by atoms with Gasteiger partial charge in [0.1, 0.15) is 5.41 Å². The van der Waals surface area contributed by atoms with Crippen LogP contribution >= 0.6 is 0 Å². The Hall–Kier alpha value is -2.28. The highest BCUT2D eigenvalue weighted by molar-refractivity contribution is 6.09. The Morgan fingerprint density at radius 3 is 2.61 bits per heavy atom. The average molecular weight is 243 g/mol. The van der Waals surface area contributed by atoms with Crippen molar-refractivity contribution >= 4 is 17.6 Å². The van der Waals surface area contributed by atoms with Crippen molar-refractivity contribution in [3.63, 3.8) is 0 Å². The number of rotatable bonds is 3. The van der Waals surface area contributed by atoms with Crippen molar-refractivity contribution in [3.05, 3.63) is 29.8 Å². The summed E-state index contributed by atoms with van der Waals surface area (Å²) in [6.45, 7) is 0. The second-order valence-corrected chi connectivity index (χ2v) is 4.42. The maximum absolute atomic E-state index is 12.0. The third-order valence-electron chi connectivity index (χ3n) is 3.34. The minimum atomic E-state index is -1.26. The van der Waals surface area contributed by atoms with Gasteiger partial charge in [-0.25, -0.2) is 0 Å². The number of aliphatic carboxylic acids is 1. The molecule has 2 rings (SSSR count). The zero-order valence-electron chi connectivity index (χ0n) is 9.77. The summed E-state index contributed by atoms with van der Waals surface area (Å²) in [6, 6.07) is 6.80. The number of anilines is 1. The maximum Gasteiger partial charge on any atom is 0.319 e. The molecular weight excluding hydrogens is 230 g/mol. The molecule has 1 fully saturated rings. The van der Waals surface area contributed by atoms with Crippen LogP contribution in [-0.4, -0.2) is 17.0 Å². The van der Waals surface area contributed by atoms with E-state index in [0.29, 0.717) is 24.1 Å². The Balaban J connectivity index is 2.16. The minimum Gasteiger partial charge on any atom is -0.480 e. The fourth-order valence-electron chi connectivity index (χ4n) is 2.01. The summed E-state index contributed by atoms with van der Waals surface area (Å²) in [5, 5.41) is 11.8. The molecule has 92 valence electrons. The van der Waals surface area contributed by atoms with Crippen molar-refractivity contribution in [3.8, 4) is 12.3 Å². The number of hydrogen-bond donors (Lipinski definition) is 2. The van der Waals surface area contributed by atoms with Crippen LogP contribution in [0.25, 0.3) is 0 Å². The quantitative estimate of drug-likeness (QED) is 0.629. The van der Waals surface area contributed by atoms with E-state index in [0.717, 1.165) is 6.42 Å². The zero-order chi connectivity index (χ0) is 13.2. The van der Waals surface area contributed by atoms with Gasteiger partial charge in [0.2, 0.25) is 5.91 Å². The monoisotopic (exact) mass is 243 g/mol. The summed E-state index contributed by atoms with van der Waals surface area (Å²) in [5.74, 6) is 0.944. The maximum atomic E-state index is 12.0. The SMILES string of the molecule is C#Cc1cccc(NC(=O)C2(C(=O)O)CCC2)c1. The number of terminal acetylenes is 1. The van der Waals surface area contributed by atoms with Gasteiger partial charge in [0.25, 0.3) is 0 Å². The molecule has 0 atom stereocenters. The van der Waals surface area contributed by atoms with Gasteiger partial charge in [0.05, 0.1) is 0 Å². The van der Waals surface area contributed by atoms with E-state index in [4.69, 9.17) is 11.5 Å². The minimum absolute atomic E-state index is 0.392. The van der Waals surface area contributed by atoms with Gasteiger partial charge < -0.3 is 10.4 Å². The zero-order valence-corrected chi connectivity index (χ0v) is 9.77. The summed E-state index contributed by atoms with van der Waals surface area (Å²) in [6.07, 6.45) is 6.82. The average Bonchev–Trinajstić information content (AvgIpc) is 2.27. The molecule has 0 heterocycles. The molecular formula is C14H13NO3. The predicted octanol–water partition coefficient (Wildman–Crippen LogP) is 1.86. The number of nitrogens with one attached hydrogen (secondary N) is 1. The first-order chi connectivity index (χ1) is 8.58. The van der Waals surface area contributed by atoms with E-state index < -0.39 is 17.3 Å². The molecule has 4 nitrogen and oxygen atoms in total. The molecule has 0 saturated heterocycles. The number of carboxylic acids is 1. The highest BCUT2D eigenvalue weighted by Crippen LogP contribution is 2.42. The van der Waals surface area contributed by atoms with E-state index >= 15 is 0 Å². The lowest BCUT2D eigenvalue weighted by atomic mass is 9.68. The van der Waals surface area contributed by atoms with Gasteiger partial charge in [0.15, 0.2) is 0 Å². The number of carbonyl (C=O) groups excluding carboxylic acids is 1. The van der Waals surface area contributed by atoms with Crippen molar-refractivity contribution < 1.29 is 14.7 Å². The molecule has 1 aliphatic rings. The lowest BCUT2D eigenvalue weighted by Gasteiger charge is -2.35. The molecule has 0 unspecified atom stereocenters. The molecule has 0 aliphatic heterocycles. The Morgan fingerprint density at radius 1 is 1.39 bits per heavy atom. The molecule has 0 bridgehead atoms. The van der Waals surface area contributed by atoms with E-state index in [9.17, 15) is 9.59 Å². The van der Waals surface area contributed by atoms with Crippen molar-refractivity contribution in [1.29, 1.82) is 0 Å². The van der Waals surface area contributed by atoms with Gasteiger partial charge in [-0.05, 0) is 31.0 Å². The Bertz CT molecular complexity index is 538. The van der Waals surface area contributed by atoms with E-state index in [1.54, 1.807) is 24.3 Å². The van der Waals surface area contributed by atoms with Crippen molar-refractivity contribution in [2.75, 3.05) is 5.32 Å². The van der Waals surface area contributed by atoms with Gasteiger partial charge >= 0.3 is 5.97 Å². The van der Waals surface area contributed by atoms with Gasteiger partial charge in [-0.2, -0.15) is 0 Å². The number of carbonyl (C=O) groups is 2. The summed E-state index contributed by atoms with van der Waals surface area (Å²) in [4.78, 5) is 23.2. The largest absolute Gasteiger partial charge is 0.480 e. The lowest BCUT2D eigenvalue weighted by Crippen LogP contribution is -2.48. The lowest BCUT2D eigenvalue weighted by molar-refractivity contribution is -0.159. The molecule has 1 amide bonds. The highest BCUT2D eigenvalue weighted by Gasteiger charge is 2.51. The second kappa shape index (κ2) is 4.53.